The number of hydrogen-bond acceptors (Lipinski definition) is 3. The van der Waals surface area contributed by atoms with Gasteiger partial charge in [0.25, 0.3) is 0 Å². The highest BCUT2D eigenvalue weighted by Gasteiger charge is 2.36. The van der Waals surface area contributed by atoms with Crippen LogP contribution in [-0.2, 0) is 5.60 Å². The quantitative estimate of drug-likeness (QED) is 0.748. The second-order valence-electron chi connectivity index (χ2n) is 3.92. The molecule has 0 atom stereocenters. The third-order valence-electron chi connectivity index (χ3n) is 3.05. The van der Waals surface area contributed by atoms with Crippen molar-refractivity contribution < 1.29 is 9.52 Å². The number of benzene rings is 1. The van der Waals surface area contributed by atoms with Crippen LogP contribution in [0.5, 0.6) is 0 Å². The van der Waals surface area contributed by atoms with Crippen LogP contribution in [0, 0.1) is 0 Å². The maximum Gasteiger partial charge on any atom is 0.181 e. The molecule has 0 unspecified atom stereocenters. The highest BCUT2D eigenvalue weighted by molar-refractivity contribution is 5.73. The molecule has 1 heterocycles. The van der Waals surface area contributed by atoms with Crippen molar-refractivity contribution in [3.8, 4) is 0 Å². The van der Waals surface area contributed by atoms with Crippen LogP contribution in [0.2, 0.25) is 0 Å². The van der Waals surface area contributed by atoms with Crippen LogP contribution in [0.3, 0.4) is 0 Å². The Morgan fingerprint density at radius 2 is 2.21 bits per heavy atom. The number of hydrogen-bond donors (Lipinski definition) is 1. The van der Waals surface area contributed by atoms with E-state index in [9.17, 15) is 5.11 Å². The molecule has 1 fully saturated rings. The minimum Gasteiger partial charge on any atom is -0.443 e. The van der Waals surface area contributed by atoms with Gasteiger partial charge in [0.2, 0.25) is 0 Å². The highest BCUT2D eigenvalue weighted by Crippen LogP contribution is 2.41. The zero-order valence-electron chi connectivity index (χ0n) is 7.73. The summed E-state index contributed by atoms with van der Waals surface area (Å²) < 4.78 is 5.14. The minimum atomic E-state index is -0.604. The Bertz CT molecular complexity index is 471. The van der Waals surface area contributed by atoms with Gasteiger partial charge in [0, 0.05) is 0 Å². The van der Waals surface area contributed by atoms with E-state index in [4.69, 9.17) is 4.42 Å². The summed E-state index contributed by atoms with van der Waals surface area (Å²) >= 11 is 0. The first-order chi connectivity index (χ1) is 6.78. The average Bonchev–Trinajstić information content (AvgIpc) is 2.60. The lowest BCUT2D eigenvalue weighted by Gasteiger charge is -2.36. The van der Waals surface area contributed by atoms with Crippen molar-refractivity contribution in [1.29, 1.82) is 0 Å². The van der Waals surface area contributed by atoms with Crippen LogP contribution in [0.15, 0.2) is 29.0 Å². The van der Waals surface area contributed by atoms with Crippen LogP contribution >= 0.6 is 0 Å². The Labute approximate surface area is 81.4 Å². The topological polar surface area (TPSA) is 46.3 Å². The third kappa shape index (κ3) is 0.990. The molecule has 0 radical (unpaired) electrons. The van der Waals surface area contributed by atoms with E-state index in [0.29, 0.717) is 0 Å². The molecule has 3 rings (SSSR count). The summed E-state index contributed by atoms with van der Waals surface area (Å²) in [6.45, 7) is 0. The molecule has 0 spiro atoms. The van der Waals surface area contributed by atoms with Crippen LogP contribution in [-0.4, -0.2) is 10.1 Å². The third-order valence-corrected chi connectivity index (χ3v) is 3.05. The van der Waals surface area contributed by atoms with Gasteiger partial charge >= 0.3 is 0 Å². The van der Waals surface area contributed by atoms with E-state index < -0.39 is 5.60 Å². The van der Waals surface area contributed by atoms with E-state index in [1.54, 1.807) is 0 Å². The Balaban J connectivity index is 2.13. The van der Waals surface area contributed by atoms with E-state index in [2.05, 4.69) is 4.98 Å². The summed E-state index contributed by atoms with van der Waals surface area (Å²) in [5.41, 5.74) is 1.96. The van der Waals surface area contributed by atoms with Crippen molar-refractivity contribution in [2.45, 2.75) is 24.9 Å². The second-order valence-corrected chi connectivity index (χ2v) is 3.92. The van der Waals surface area contributed by atoms with Gasteiger partial charge in [0.05, 0.1) is 5.60 Å². The molecule has 0 bridgehead atoms. The van der Waals surface area contributed by atoms with Gasteiger partial charge in [0.1, 0.15) is 5.52 Å². The number of aromatic nitrogens is 1. The Hall–Kier alpha value is -1.35. The van der Waals surface area contributed by atoms with E-state index >= 15 is 0 Å². The summed E-state index contributed by atoms with van der Waals surface area (Å²) in [6.07, 6.45) is 4.25. The molecule has 3 heteroatoms. The Kier molecular flexibility index (Phi) is 1.47. The van der Waals surface area contributed by atoms with Crippen LogP contribution in [0.25, 0.3) is 11.1 Å². The smallest absolute Gasteiger partial charge is 0.181 e. The molecule has 1 aromatic heterocycles. The fraction of sp³-hybridized carbons (Fsp3) is 0.364. The first-order valence-electron chi connectivity index (χ1n) is 4.84. The number of nitrogens with zero attached hydrogens (tertiary/aromatic N) is 1. The molecular formula is C11H11NO2. The van der Waals surface area contributed by atoms with Gasteiger partial charge < -0.3 is 9.52 Å². The fourth-order valence-corrected chi connectivity index (χ4v) is 1.95. The second kappa shape index (κ2) is 2.58. The molecule has 1 aliphatic rings. The van der Waals surface area contributed by atoms with E-state index in [1.807, 2.05) is 18.2 Å². The maximum absolute atomic E-state index is 10.1. The van der Waals surface area contributed by atoms with Crippen molar-refractivity contribution in [2.75, 3.05) is 0 Å². The Morgan fingerprint density at radius 3 is 2.93 bits per heavy atom. The molecule has 0 saturated heterocycles. The number of rotatable bonds is 1. The molecule has 72 valence electrons. The van der Waals surface area contributed by atoms with Gasteiger partial charge in [-0.15, -0.1) is 0 Å². The summed E-state index contributed by atoms with van der Waals surface area (Å²) in [5, 5.41) is 10.1. The zero-order valence-corrected chi connectivity index (χ0v) is 7.73. The monoisotopic (exact) mass is 189 g/mol. The Morgan fingerprint density at radius 1 is 1.36 bits per heavy atom. The van der Waals surface area contributed by atoms with Crippen molar-refractivity contribution in [2.24, 2.45) is 0 Å². The summed E-state index contributed by atoms with van der Waals surface area (Å²) in [7, 11) is 0. The number of fused-ring (bicyclic) bond motifs is 1. The molecule has 14 heavy (non-hydrogen) atoms. The zero-order chi connectivity index (χ0) is 9.60. The molecule has 3 nitrogen and oxygen atoms in total. The molecule has 0 aliphatic heterocycles. The molecule has 1 aliphatic carbocycles. The summed E-state index contributed by atoms with van der Waals surface area (Å²) in [5.74, 6) is 0. The van der Waals surface area contributed by atoms with Gasteiger partial charge in [-0.25, -0.2) is 4.98 Å². The lowest BCUT2D eigenvalue weighted by Crippen LogP contribution is -2.33. The van der Waals surface area contributed by atoms with E-state index in [-0.39, 0.29) is 0 Å². The summed E-state index contributed by atoms with van der Waals surface area (Å²) in [4.78, 5) is 4.07. The van der Waals surface area contributed by atoms with Crippen molar-refractivity contribution in [1.82, 2.24) is 4.98 Å². The van der Waals surface area contributed by atoms with Crippen molar-refractivity contribution in [3.05, 3.63) is 30.2 Å². The lowest BCUT2D eigenvalue weighted by atomic mass is 9.75. The molecule has 1 saturated carbocycles. The van der Waals surface area contributed by atoms with Crippen LogP contribution < -0.4 is 0 Å². The molecule has 2 aromatic rings. The first-order valence-corrected chi connectivity index (χ1v) is 4.84. The SMILES string of the molecule is OC1(c2ccc3ocnc3c2)CCC1. The molecular weight excluding hydrogens is 178 g/mol. The van der Waals surface area contributed by atoms with E-state index in [1.165, 1.54) is 6.39 Å². The lowest BCUT2D eigenvalue weighted by molar-refractivity contribution is -0.0386. The van der Waals surface area contributed by atoms with Gasteiger partial charge in [-0.1, -0.05) is 6.07 Å². The number of oxazole rings is 1. The van der Waals surface area contributed by atoms with Gasteiger partial charge in [-0.2, -0.15) is 0 Å². The van der Waals surface area contributed by atoms with Crippen LogP contribution in [0.1, 0.15) is 24.8 Å². The highest BCUT2D eigenvalue weighted by atomic mass is 16.3. The van der Waals surface area contributed by atoms with E-state index in [0.717, 1.165) is 35.9 Å². The maximum atomic E-state index is 10.1. The molecule has 0 amide bonds. The van der Waals surface area contributed by atoms with Gasteiger partial charge in [0.15, 0.2) is 12.0 Å². The average molecular weight is 189 g/mol. The normalized spacial score (nSPS) is 19.5. The fourth-order valence-electron chi connectivity index (χ4n) is 1.95. The first kappa shape index (κ1) is 8.00. The summed E-state index contributed by atoms with van der Waals surface area (Å²) in [6, 6.07) is 5.71. The minimum absolute atomic E-state index is 0.604. The standard InChI is InChI=1S/C11H11NO2/c13-11(4-1-5-11)8-2-3-10-9(6-8)12-7-14-10/h2-3,6-7,13H,1,4-5H2. The van der Waals surface area contributed by atoms with Crippen molar-refractivity contribution >= 4 is 11.1 Å². The van der Waals surface area contributed by atoms with Gasteiger partial charge in [-0.05, 0) is 37.0 Å². The van der Waals surface area contributed by atoms with Crippen LogP contribution in [0.4, 0.5) is 0 Å². The molecule has 1 aromatic carbocycles. The molecule has 1 N–H and O–H groups in total. The predicted molar refractivity (Wildman–Crippen MR) is 51.8 cm³/mol. The number of aliphatic hydroxyl groups is 1. The van der Waals surface area contributed by atoms with Crippen molar-refractivity contribution in [3.63, 3.8) is 0 Å². The van der Waals surface area contributed by atoms with Gasteiger partial charge in [-0.3, -0.25) is 0 Å². The predicted octanol–water partition coefficient (Wildman–Crippen LogP) is 2.20. The largest absolute Gasteiger partial charge is 0.443 e.